The highest BCUT2D eigenvalue weighted by Gasteiger charge is 2.07. The summed E-state index contributed by atoms with van der Waals surface area (Å²) in [5.41, 5.74) is 7.53. The van der Waals surface area contributed by atoms with Gasteiger partial charge in [-0.15, -0.1) is 10.2 Å². The number of anilines is 2. The Morgan fingerprint density at radius 3 is 2.56 bits per heavy atom. The monoisotopic (exact) mass is 264 g/mol. The van der Waals surface area contributed by atoms with E-state index in [4.69, 9.17) is 5.73 Å². The fourth-order valence-electron chi connectivity index (χ4n) is 1.48. The molecule has 2 heterocycles. The van der Waals surface area contributed by atoms with E-state index < -0.39 is 0 Å². The molecule has 7 heteroatoms. The van der Waals surface area contributed by atoms with Crippen LogP contribution in [0.15, 0.2) is 0 Å². The Bertz CT molecular complexity index is 550. The van der Waals surface area contributed by atoms with Gasteiger partial charge in [-0.05, 0) is 20.3 Å². The first-order valence-corrected chi connectivity index (χ1v) is 6.57. The third-order valence-electron chi connectivity index (χ3n) is 2.62. The fraction of sp³-hybridized carbons (Fsp3) is 0.455. The molecule has 0 aliphatic carbocycles. The quantitative estimate of drug-likeness (QED) is 0.873. The van der Waals surface area contributed by atoms with Gasteiger partial charge in [-0.1, -0.05) is 18.3 Å². The number of nitrogens with one attached hydrogen (secondary N) is 1. The normalized spacial score (nSPS) is 10.6. The molecule has 0 bridgehead atoms. The van der Waals surface area contributed by atoms with Crippen molar-refractivity contribution in [3.05, 3.63) is 21.3 Å². The SMILES string of the molecule is CCc1nnc(CNc2nc(N)nc(C)c2C)s1. The van der Waals surface area contributed by atoms with Crippen molar-refractivity contribution in [3.8, 4) is 0 Å². The van der Waals surface area contributed by atoms with Gasteiger partial charge in [-0.3, -0.25) is 0 Å². The van der Waals surface area contributed by atoms with E-state index in [0.29, 0.717) is 6.54 Å². The number of nitrogen functional groups attached to an aromatic ring is 1. The minimum Gasteiger partial charge on any atom is -0.368 e. The summed E-state index contributed by atoms with van der Waals surface area (Å²) < 4.78 is 0. The van der Waals surface area contributed by atoms with Gasteiger partial charge in [0.05, 0.1) is 6.54 Å². The van der Waals surface area contributed by atoms with E-state index in [-0.39, 0.29) is 5.95 Å². The highest BCUT2D eigenvalue weighted by molar-refractivity contribution is 7.11. The lowest BCUT2D eigenvalue weighted by molar-refractivity contribution is 0.933. The third-order valence-corrected chi connectivity index (χ3v) is 3.69. The highest BCUT2D eigenvalue weighted by atomic mass is 32.1. The number of rotatable bonds is 4. The van der Waals surface area contributed by atoms with E-state index in [1.54, 1.807) is 11.3 Å². The molecule has 3 N–H and O–H groups in total. The zero-order valence-corrected chi connectivity index (χ0v) is 11.5. The highest BCUT2D eigenvalue weighted by Crippen LogP contribution is 2.17. The maximum Gasteiger partial charge on any atom is 0.222 e. The average molecular weight is 264 g/mol. The van der Waals surface area contributed by atoms with Crippen molar-refractivity contribution in [3.63, 3.8) is 0 Å². The molecule has 2 aromatic rings. The van der Waals surface area contributed by atoms with Crippen LogP contribution in [0.2, 0.25) is 0 Å². The Morgan fingerprint density at radius 1 is 1.17 bits per heavy atom. The summed E-state index contributed by atoms with van der Waals surface area (Å²) in [6, 6.07) is 0. The van der Waals surface area contributed by atoms with E-state index in [1.165, 1.54) is 0 Å². The van der Waals surface area contributed by atoms with E-state index in [9.17, 15) is 0 Å². The second-order valence-corrected chi connectivity index (χ2v) is 5.08. The van der Waals surface area contributed by atoms with Crippen LogP contribution in [-0.2, 0) is 13.0 Å². The molecule has 0 amide bonds. The molecule has 0 fully saturated rings. The molecule has 18 heavy (non-hydrogen) atoms. The molecule has 2 aromatic heterocycles. The lowest BCUT2D eigenvalue weighted by atomic mass is 10.2. The number of nitrogens with zero attached hydrogens (tertiary/aromatic N) is 4. The topological polar surface area (TPSA) is 89.6 Å². The van der Waals surface area contributed by atoms with Crippen molar-refractivity contribution in [2.75, 3.05) is 11.1 Å². The third kappa shape index (κ3) is 2.73. The Kier molecular flexibility index (Phi) is 3.71. The number of aromatic nitrogens is 4. The Hall–Kier alpha value is -1.76. The van der Waals surface area contributed by atoms with Crippen molar-refractivity contribution in [2.24, 2.45) is 0 Å². The van der Waals surface area contributed by atoms with E-state index in [2.05, 4.69) is 32.4 Å². The zero-order valence-electron chi connectivity index (χ0n) is 10.7. The summed E-state index contributed by atoms with van der Waals surface area (Å²) in [6.45, 7) is 6.55. The van der Waals surface area contributed by atoms with Crippen molar-refractivity contribution in [1.82, 2.24) is 20.2 Å². The largest absolute Gasteiger partial charge is 0.368 e. The van der Waals surface area contributed by atoms with Crippen LogP contribution in [0.4, 0.5) is 11.8 Å². The number of hydrogen-bond donors (Lipinski definition) is 2. The molecular weight excluding hydrogens is 248 g/mol. The maximum atomic E-state index is 5.64. The fourth-order valence-corrected chi connectivity index (χ4v) is 2.21. The first kappa shape index (κ1) is 12.7. The standard InChI is InChI=1S/C11H16N6S/c1-4-8-16-17-9(18-8)5-13-10-6(2)7(3)14-11(12)15-10/h4-5H2,1-3H3,(H3,12,13,14,15). The molecule has 0 aliphatic rings. The van der Waals surface area contributed by atoms with Gasteiger partial charge in [-0.25, -0.2) is 4.98 Å². The van der Waals surface area contributed by atoms with Gasteiger partial charge in [0.1, 0.15) is 15.8 Å². The van der Waals surface area contributed by atoms with Crippen LogP contribution in [0.5, 0.6) is 0 Å². The van der Waals surface area contributed by atoms with Crippen LogP contribution < -0.4 is 11.1 Å². The lowest BCUT2D eigenvalue weighted by Gasteiger charge is -2.09. The van der Waals surface area contributed by atoms with Gasteiger partial charge in [0.15, 0.2) is 0 Å². The Balaban J connectivity index is 2.10. The van der Waals surface area contributed by atoms with Crippen LogP contribution in [-0.4, -0.2) is 20.2 Å². The van der Waals surface area contributed by atoms with Gasteiger partial charge in [0.25, 0.3) is 0 Å². The van der Waals surface area contributed by atoms with E-state index in [1.807, 2.05) is 13.8 Å². The molecule has 2 rings (SSSR count). The summed E-state index contributed by atoms with van der Waals surface area (Å²) in [5.74, 6) is 1.04. The summed E-state index contributed by atoms with van der Waals surface area (Å²) >= 11 is 1.61. The first-order chi connectivity index (χ1) is 8.60. The molecule has 0 saturated carbocycles. The predicted molar refractivity (Wildman–Crippen MR) is 72.5 cm³/mol. The second kappa shape index (κ2) is 5.26. The maximum absolute atomic E-state index is 5.64. The zero-order chi connectivity index (χ0) is 13.1. The summed E-state index contributed by atoms with van der Waals surface area (Å²) in [6.07, 6.45) is 0.913. The van der Waals surface area contributed by atoms with Gasteiger partial charge in [0.2, 0.25) is 5.95 Å². The molecule has 0 unspecified atom stereocenters. The summed E-state index contributed by atoms with van der Waals surface area (Å²) in [5, 5.41) is 13.4. The molecular formula is C11H16N6S. The first-order valence-electron chi connectivity index (χ1n) is 5.76. The van der Waals surface area contributed by atoms with Crippen molar-refractivity contribution < 1.29 is 0 Å². The molecule has 0 radical (unpaired) electrons. The summed E-state index contributed by atoms with van der Waals surface area (Å²) in [7, 11) is 0. The number of hydrogen-bond acceptors (Lipinski definition) is 7. The van der Waals surface area contributed by atoms with Gasteiger partial charge < -0.3 is 11.1 Å². The van der Waals surface area contributed by atoms with Crippen LogP contribution in [0.3, 0.4) is 0 Å². The van der Waals surface area contributed by atoms with Crippen molar-refractivity contribution >= 4 is 23.1 Å². The molecule has 0 saturated heterocycles. The van der Waals surface area contributed by atoms with Crippen molar-refractivity contribution in [2.45, 2.75) is 33.7 Å². The minimum atomic E-state index is 0.284. The second-order valence-electron chi connectivity index (χ2n) is 3.94. The van der Waals surface area contributed by atoms with Crippen LogP contribution in [0.25, 0.3) is 0 Å². The van der Waals surface area contributed by atoms with E-state index >= 15 is 0 Å². The van der Waals surface area contributed by atoms with Crippen LogP contribution in [0, 0.1) is 13.8 Å². The molecule has 0 aromatic carbocycles. The predicted octanol–water partition coefficient (Wildman–Crippen LogP) is 1.70. The minimum absolute atomic E-state index is 0.284. The molecule has 0 aliphatic heterocycles. The van der Waals surface area contributed by atoms with Crippen LogP contribution in [0.1, 0.15) is 28.2 Å². The molecule has 96 valence electrons. The van der Waals surface area contributed by atoms with Crippen LogP contribution >= 0.6 is 11.3 Å². The van der Waals surface area contributed by atoms with Gasteiger partial charge in [-0.2, -0.15) is 4.98 Å². The van der Waals surface area contributed by atoms with Gasteiger partial charge in [0, 0.05) is 11.3 Å². The smallest absolute Gasteiger partial charge is 0.222 e. The molecule has 6 nitrogen and oxygen atoms in total. The van der Waals surface area contributed by atoms with E-state index in [0.717, 1.165) is 33.5 Å². The molecule has 0 spiro atoms. The van der Waals surface area contributed by atoms with Gasteiger partial charge >= 0.3 is 0 Å². The Morgan fingerprint density at radius 2 is 1.89 bits per heavy atom. The Labute approximate surface area is 110 Å². The summed E-state index contributed by atoms with van der Waals surface area (Å²) in [4.78, 5) is 8.30. The number of aryl methyl sites for hydroxylation is 2. The van der Waals surface area contributed by atoms with Crippen molar-refractivity contribution in [1.29, 1.82) is 0 Å². The number of nitrogens with two attached hydrogens (primary N) is 1. The lowest BCUT2D eigenvalue weighted by Crippen LogP contribution is -2.08. The average Bonchev–Trinajstić information content (AvgIpc) is 2.80. The molecule has 0 atom stereocenters.